The van der Waals surface area contributed by atoms with Crippen LogP contribution in [0.4, 0.5) is 27.9 Å². The second-order valence-electron chi connectivity index (χ2n) is 15.5. The minimum atomic E-state index is -0.386. The van der Waals surface area contributed by atoms with E-state index in [1.165, 1.54) is 12.6 Å². The van der Waals surface area contributed by atoms with E-state index in [-0.39, 0.29) is 24.0 Å². The number of nitrogens with one attached hydrogen (secondary N) is 3. The molecule has 56 heavy (non-hydrogen) atoms. The number of piperazine rings is 1. The lowest BCUT2D eigenvalue weighted by molar-refractivity contribution is 0.0565. The molecule has 3 aromatic heterocycles. The van der Waals surface area contributed by atoms with Crippen LogP contribution in [0.5, 0.6) is 5.75 Å². The summed E-state index contributed by atoms with van der Waals surface area (Å²) in [5.41, 5.74) is 4.52. The molecular formula is C43H46N10O3. The van der Waals surface area contributed by atoms with Crippen LogP contribution in [0.3, 0.4) is 0 Å². The standard InChI is InChI=1S/C43H46N10O3/c1-28-11-13-30(14-12-28)53-40(23-37(50-53)43(2,3)4)49-42(55)47-34-15-16-36(33-10-6-5-9-32(33)34)56-27-29-17-18-44-38(22-29)48-39-25-45-35(24-46-39)41(54)52-21-20-51-19-7-8-31(51)26-52/h5-6,9-18,22-25,31H,7-8,19-21,26-27H2,1-4H3,(H,44,46,48)(H2,47,49,55)/t31-/m0/s1. The van der Waals surface area contributed by atoms with Gasteiger partial charge in [-0.05, 0) is 68.3 Å². The van der Waals surface area contributed by atoms with E-state index in [4.69, 9.17) is 9.84 Å². The molecule has 6 aromatic rings. The number of hydrogen-bond donors (Lipinski definition) is 3. The predicted molar refractivity (Wildman–Crippen MR) is 218 cm³/mol. The summed E-state index contributed by atoms with van der Waals surface area (Å²) in [4.78, 5) is 44.3. The number of hydrogen-bond acceptors (Lipinski definition) is 9. The lowest BCUT2D eigenvalue weighted by Crippen LogP contribution is -2.52. The Balaban J connectivity index is 0.915. The van der Waals surface area contributed by atoms with Gasteiger partial charge in [0.05, 0.1) is 29.5 Å². The molecule has 3 amide bonds. The van der Waals surface area contributed by atoms with Gasteiger partial charge in [-0.1, -0.05) is 62.7 Å². The first-order valence-corrected chi connectivity index (χ1v) is 19.0. The van der Waals surface area contributed by atoms with Gasteiger partial charge in [-0.3, -0.25) is 15.0 Å². The van der Waals surface area contributed by atoms with E-state index in [0.717, 1.165) is 59.3 Å². The summed E-state index contributed by atoms with van der Waals surface area (Å²) in [5.74, 6) is 2.22. The zero-order chi connectivity index (χ0) is 38.8. The molecule has 5 heterocycles. The van der Waals surface area contributed by atoms with Crippen LogP contribution in [0.1, 0.15) is 60.9 Å². The van der Waals surface area contributed by atoms with Gasteiger partial charge >= 0.3 is 6.03 Å². The number of pyridine rings is 1. The maximum absolute atomic E-state index is 13.5. The van der Waals surface area contributed by atoms with E-state index in [9.17, 15) is 9.59 Å². The normalized spacial score (nSPS) is 15.7. The van der Waals surface area contributed by atoms with E-state index in [0.29, 0.717) is 47.2 Å². The number of ether oxygens (including phenoxy) is 1. The lowest BCUT2D eigenvalue weighted by atomic mass is 9.92. The molecule has 3 N–H and O–H groups in total. The molecule has 286 valence electrons. The number of carbonyl (C=O) groups excluding carboxylic acids is 2. The second kappa shape index (κ2) is 15.4. The van der Waals surface area contributed by atoms with Crippen LogP contribution in [-0.2, 0) is 12.0 Å². The highest BCUT2D eigenvalue weighted by Crippen LogP contribution is 2.33. The molecule has 1 atom stereocenters. The number of amides is 3. The van der Waals surface area contributed by atoms with Crippen LogP contribution in [-0.4, -0.2) is 78.7 Å². The molecule has 0 bridgehead atoms. The first-order chi connectivity index (χ1) is 27.1. The van der Waals surface area contributed by atoms with Crippen LogP contribution >= 0.6 is 0 Å². The predicted octanol–water partition coefficient (Wildman–Crippen LogP) is 7.70. The summed E-state index contributed by atoms with van der Waals surface area (Å²) in [6.07, 6.45) is 7.12. The van der Waals surface area contributed by atoms with Crippen molar-refractivity contribution in [1.29, 1.82) is 0 Å². The van der Waals surface area contributed by atoms with Crippen LogP contribution in [0, 0.1) is 6.92 Å². The highest BCUT2D eigenvalue weighted by atomic mass is 16.5. The van der Waals surface area contributed by atoms with Gasteiger partial charge in [0.15, 0.2) is 0 Å². The molecule has 0 aliphatic carbocycles. The molecule has 2 fully saturated rings. The van der Waals surface area contributed by atoms with Crippen molar-refractivity contribution < 1.29 is 14.3 Å². The Morgan fingerprint density at radius 1 is 0.857 bits per heavy atom. The fraction of sp³-hybridized carbons (Fsp3) is 0.302. The van der Waals surface area contributed by atoms with Crippen molar-refractivity contribution in [2.45, 2.75) is 58.6 Å². The molecular weight excluding hydrogens is 705 g/mol. The van der Waals surface area contributed by atoms with E-state index in [2.05, 4.69) is 56.6 Å². The Bertz CT molecular complexity index is 2370. The van der Waals surface area contributed by atoms with Crippen molar-refractivity contribution in [2.24, 2.45) is 0 Å². The topological polar surface area (TPSA) is 142 Å². The Kier molecular flexibility index (Phi) is 10.1. The van der Waals surface area contributed by atoms with Crippen LogP contribution in [0.15, 0.2) is 97.5 Å². The Labute approximate surface area is 326 Å². The van der Waals surface area contributed by atoms with Gasteiger partial charge in [0, 0.05) is 54.1 Å². The molecule has 2 saturated heterocycles. The van der Waals surface area contributed by atoms with Crippen molar-refractivity contribution in [1.82, 2.24) is 34.5 Å². The Hall–Kier alpha value is -6.34. The summed E-state index contributed by atoms with van der Waals surface area (Å²) in [5, 5.41) is 15.8. The highest BCUT2D eigenvalue weighted by molar-refractivity contribution is 6.07. The van der Waals surface area contributed by atoms with Crippen LogP contribution in [0.2, 0.25) is 0 Å². The zero-order valence-electron chi connectivity index (χ0n) is 32.1. The minimum absolute atomic E-state index is 0.0794. The third-order valence-corrected chi connectivity index (χ3v) is 10.4. The lowest BCUT2D eigenvalue weighted by Gasteiger charge is -2.37. The summed E-state index contributed by atoms with van der Waals surface area (Å²) in [6.45, 7) is 12.1. The summed E-state index contributed by atoms with van der Waals surface area (Å²) < 4.78 is 8.09. The maximum atomic E-state index is 13.5. The fourth-order valence-electron chi connectivity index (χ4n) is 7.26. The number of anilines is 4. The average Bonchev–Trinajstić information content (AvgIpc) is 3.85. The molecule has 0 unspecified atom stereocenters. The third kappa shape index (κ3) is 8.03. The Morgan fingerprint density at radius 2 is 1.68 bits per heavy atom. The van der Waals surface area contributed by atoms with Crippen LogP contribution < -0.4 is 20.7 Å². The number of nitrogens with zero attached hydrogens (tertiary/aromatic N) is 7. The van der Waals surface area contributed by atoms with E-state index in [1.54, 1.807) is 17.1 Å². The fourth-order valence-corrected chi connectivity index (χ4v) is 7.26. The van der Waals surface area contributed by atoms with E-state index < -0.39 is 0 Å². The van der Waals surface area contributed by atoms with Gasteiger partial charge in [-0.2, -0.15) is 5.10 Å². The molecule has 0 spiro atoms. The largest absolute Gasteiger partial charge is 0.488 e. The molecule has 0 saturated carbocycles. The van der Waals surface area contributed by atoms with E-state index in [1.807, 2.05) is 90.7 Å². The van der Waals surface area contributed by atoms with Crippen molar-refractivity contribution in [2.75, 3.05) is 42.1 Å². The summed E-state index contributed by atoms with van der Waals surface area (Å²) >= 11 is 0. The molecule has 3 aromatic carbocycles. The monoisotopic (exact) mass is 750 g/mol. The summed E-state index contributed by atoms with van der Waals surface area (Å²) in [7, 11) is 0. The Morgan fingerprint density at radius 3 is 2.46 bits per heavy atom. The molecule has 13 nitrogen and oxygen atoms in total. The number of benzene rings is 3. The summed E-state index contributed by atoms with van der Waals surface area (Å²) in [6, 6.07) is 25.3. The highest BCUT2D eigenvalue weighted by Gasteiger charge is 2.33. The molecule has 0 radical (unpaired) electrons. The number of fused-ring (bicyclic) bond motifs is 2. The first-order valence-electron chi connectivity index (χ1n) is 19.0. The van der Waals surface area contributed by atoms with Crippen LogP contribution in [0.25, 0.3) is 16.5 Å². The smallest absolute Gasteiger partial charge is 0.324 e. The molecule has 2 aliphatic rings. The number of aryl methyl sites for hydroxylation is 1. The van der Waals surface area contributed by atoms with Gasteiger partial charge in [0.2, 0.25) is 0 Å². The molecule has 8 rings (SSSR count). The van der Waals surface area contributed by atoms with Gasteiger partial charge < -0.3 is 20.3 Å². The van der Waals surface area contributed by atoms with Gasteiger partial charge in [-0.15, -0.1) is 0 Å². The van der Waals surface area contributed by atoms with Gasteiger partial charge in [0.1, 0.15) is 35.5 Å². The second-order valence-corrected chi connectivity index (χ2v) is 15.5. The number of urea groups is 1. The molecule has 13 heteroatoms. The van der Waals surface area contributed by atoms with E-state index >= 15 is 0 Å². The zero-order valence-corrected chi connectivity index (χ0v) is 32.1. The number of rotatable bonds is 9. The minimum Gasteiger partial charge on any atom is -0.488 e. The number of aromatic nitrogens is 5. The van der Waals surface area contributed by atoms with Gasteiger partial charge in [0.25, 0.3) is 5.91 Å². The maximum Gasteiger partial charge on any atom is 0.324 e. The van der Waals surface area contributed by atoms with Gasteiger partial charge in [-0.25, -0.2) is 24.4 Å². The molecule has 2 aliphatic heterocycles. The first kappa shape index (κ1) is 36.6. The third-order valence-electron chi connectivity index (χ3n) is 10.4. The van der Waals surface area contributed by atoms with Crippen molar-refractivity contribution in [3.05, 3.63) is 120 Å². The van der Waals surface area contributed by atoms with Crippen molar-refractivity contribution in [3.63, 3.8) is 0 Å². The number of carbonyl (C=O) groups is 2. The SMILES string of the molecule is Cc1ccc(-n2nc(C(C)(C)C)cc2NC(=O)Nc2ccc(OCc3ccnc(Nc4cnc(C(=O)N5CCN6CCC[C@H]6C5)cn4)c3)c3ccccc23)cc1. The van der Waals surface area contributed by atoms with Crippen molar-refractivity contribution in [3.8, 4) is 11.4 Å². The van der Waals surface area contributed by atoms with Crippen molar-refractivity contribution >= 4 is 45.9 Å². The quantitative estimate of drug-likeness (QED) is 0.136. The average molecular weight is 751 g/mol.